The van der Waals surface area contributed by atoms with E-state index in [0.29, 0.717) is 27.8 Å². The van der Waals surface area contributed by atoms with E-state index in [0.717, 1.165) is 10.4 Å². The van der Waals surface area contributed by atoms with Crippen LogP contribution in [0.3, 0.4) is 0 Å². The molecule has 0 atom stereocenters. The summed E-state index contributed by atoms with van der Waals surface area (Å²) in [5.74, 6) is 0.532. The third kappa shape index (κ3) is 2.87. The van der Waals surface area contributed by atoms with Crippen molar-refractivity contribution in [3.63, 3.8) is 0 Å². The Hall–Kier alpha value is -2.78. The molecule has 126 valence electrons. The lowest BCUT2D eigenvalue weighted by molar-refractivity contribution is 0.0602. The first-order chi connectivity index (χ1) is 12.2. The summed E-state index contributed by atoms with van der Waals surface area (Å²) in [6, 6.07) is 8.66. The Morgan fingerprint density at radius 1 is 1.24 bits per heavy atom. The lowest BCUT2D eigenvalue weighted by Gasteiger charge is -1.99. The monoisotopic (exact) mass is 372 g/mol. The molecule has 4 aromatic rings. The number of rotatable bonds is 4. The number of aromatic nitrogens is 4. The minimum atomic E-state index is -0.383. The van der Waals surface area contributed by atoms with Crippen molar-refractivity contribution in [2.75, 3.05) is 7.11 Å². The number of carbonyl (C=O) groups is 1. The lowest BCUT2D eigenvalue weighted by atomic mass is 10.1. The predicted octanol–water partition coefficient (Wildman–Crippen LogP) is 3.00. The van der Waals surface area contributed by atoms with Gasteiger partial charge >= 0.3 is 5.97 Å². The van der Waals surface area contributed by atoms with Crippen LogP contribution in [-0.2, 0) is 11.2 Å². The SMILES string of the molecule is COC(=O)c1ccsc1-c1nn2c(Cc3ccc(O)cc3)nnc2s1. The number of carbonyl (C=O) groups excluding carboxylic acids is 1. The van der Waals surface area contributed by atoms with Gasteiger partial charge in [0.2, 0.25) is 4.96 Å². The lowest BCUT2D eigenvalue weighted by Crippen LogP contribution is -2.01. The predicted molar refractivity (Wildman–Crippen MR) is 94.2 cm³/mol. The molecule has 0 unspecified atom stereocenters. The number of nitrogens with zero attached hydrogens (tertiary/aromatic N) is 4. The molecule has 0 aliphatic heterocycles. The van der Waals surface area contributed by atoms with Crippen molar-refractivity contribution in [3.05, 3.63) is 52.7 Å². The zero-order valence-electron chi connectivity index (χ0n) is 13.0. The number of fused-ring (bicyclic) bond motifs is 1. The summed E-state index contributed by atoms with van der Waals surface area (Å²) in [6.07, 6.45) is 0.541. The number of ether oxygens (including phenoxy) is 1. The third-order valence-corrected chi connectivity index (χ3v) is 5.59. The molecule has 3 aromatic heterocycles. The van der Waals surface area contributed by atoms with E-state index < -0.39 is 0 Å². The van der Waals surface area contributed by atoms with E-state index in [4.69, 9.17) is 4.74 Å². The molecule has 0 radical (unpaired) electrons. The smallest absolute Gasteiger partial charge is 0.339 e. The van der Waals surface area contributed by atoms with E-state index >= 15 is 0 Å². The van der Waals surface area contributed by atoms with Crippen LogP contribution in [0.1, 0.15) is 21.7 Å². The van der Waals surface area contributed by atoms with Crippen molar-refractivity contribution < 1.29 is 14.6 Å². The number of methoxy groups -OCH3 is 1. The van der Waals surface area contributed by atoms with Crippen LogP contribution < -0.4 is 0 Å². The van der Waals surface area contributed by atoms with Gasteiger partial charge in [0.15, 0.2) is 10.8 Å². The maximum Gasteiger partial charge on any atom is 0.339 e. The number of hydrogen-bond donors (Lipinski definition) is 1. The topological polar surface area (TPSA) is 89.6 Å². The van der Waals surface area contributed by atoms with Crippen LogP contribution in [0.2, 0.25) is 0 Å². The van der Waals surface area contributed by atoms with Crippen LogP contribution in [-0.4, -0.2) is 38.0 Å². The fourth-order valence-corrected chi connectivity index (χ4v) is 4.24. The molecule has 1 aromatic carbocycles. The first-order valence-electron chi connectivity index (χ1n) is 7.31. The number of phenols is 1. The Morgan fingerprint density at radius 3 is 2.80 bits per heavy atom. The molecule has 0 aliphatic carbocycles. The Labute approximate surface area is 150 Å². The summed E-state index contributed by atoms with van der Waals surface area (Å²) in [7, 11) is 1.36. The zero-order valence-corrected chi connectivity index (χ0v) is 14.7. The van der Waals surface area contributed by atoms with Crippen LogP contribution in [0, 0.1) is 0 Å². The fourth-order valence-electron chi connectivity index (χ4n) is 2.40. The van der Waals surface area contributed by atoms with Crippen molar-refractivity contribution in [1.82, 2.24) is 19.8 Å². The van der Waals surface area contributed by atoms with Crippen molar-refractivity contribution in [2.45, 2.75) is 6.42 Å². The van der Waals surface area contributed by atoms with Gasteiger partial charge in [-0.2, -0.15) is 9.61 Å². The van der Waals surface area contributed by atoms with Gasteiger partial charge in [0, 0.05) is 6.42 Å². The van der Waals surface area contributed by atoms with Gasteiger partial charge in [0.1, 0.15) is 5.75 Å². The molecule has 0 saturated carbocycles. The van der Waals surface area contributed by atoms with Crippen LogP contribution in [0.15, 0.2) is 35.7 Å². The van der Waals surface area contributed by atoms with Gasteiger partial charge in [0.25, 0.3) is 0 Å². The van der Waals surface area contributed by atoms with Gasteiger partial charge in [-0.1, -0.05) is 23.5 Å². The van der Waals surface area contributed by atoms with Gasteiger partial charge in [-0.05, 0) is 29.1 Å². The van der Waals surface area contributed by atoms with Gasteiger partial charge in [-0.15, -0.1) is 21.5 Å². The molecule has 4 rings (SSSR count). The summed E-state index contributed by atoms with van der Waals surface area (Å²) in [5.41, 5.74) is 1.49. The van der Waals surface area contributed by atoms with Crippen molar-refractivity contribution >= 4 is 33.6 Å². The second kappa shape index (κ2) is 6.26. The maximum absolute atomic E-state index is 11.9. The molecular formula is C16H12N4O3S2. The zero-order chi connectivity index (χ0) is 17.4. The number of hydrogen-bond acceptors (Lipinski definition) is 8. The molecule has 3 heterocycles. The summed E-state index contributed by atoms with van der Waals surface area (Å²) < 4.78 is 6.50. The van der Waals surface area contributed by atoms with Crippen molar-refractivity contribution in [1.29, 1.82) is 0 Å². The largest absolute Gasteiger partial charge is 0.508 e. The van der Waals surface area contributed by atoms with Gasteiger partial charge in [-0.25, -0.2) is 4.79 Å². The van der Waals surface area contributed by atoms with Crippen molar-refractivity contribution in [3.8, 4) is 15.6 Å². The van der Waals surface area contributed by atoms with Crippen molar-refractivity contribution in [2.24, 2.45) is 0 Å². The second-order valence-corrected chi connectivity index (χ2v) is 7.09. The quantitative estimate of drug-likeness (QED) is 0.554. The normalized spacial score (nSPS) is 11.1. The number of benzene rings is 1. The molecule has 0 spiro atoms. The van der Waals surface area contributed by atoms with Crippen LogP contribution in [0.25, 0.3) is 14.8 Å². The molecule has 1 N–H and O–H groups in total. The highest BCUT2D eigenvalue weighted by Crippen LogP contribution is 2.33. The molecule has 9 heteroatoms. The fraction of sp³-hybridized carbons (Fsp3) is 0.125. The molecule has 0 aliphatic rings. The molecule has 0 bridgehead atoms. The minimum Gasteiger partial charge on any atom is -0.508 e. The summed E-state index contributed by atoms with van der Waals surface area (Å²) >= 11 is 2.81. The first-order valence-corrected chi connectivity index (χ1v) is 9.00. The van der Waals surface area contributed by atoms with Crippen LogP contribution in [0.4, 0.5) is 0 Å². The van der Waals surface area contributed by atoms with Crippen LogP contribution in [0.5, 0.6) is 5.75 Å². The van der Waals surface area contributed by atoms with Gasteiger partial charge in [-0.3, -0.25) is 0 Å². The molecule has 25 heavy (non-hydrogen) atoms. The average molecular weight is 372 g/mol. The third-order valence-electron chi connectivity index (χ3n) is 3.62. The second-order valence-electron chi connectivity index (χ2n) is 5.22. The average Bonchev–Trinajstić information content (AvgIpc) is 3.32. The van der Waals surface area contributed by atoms with E-state index in [1.807, 2.05) is 17.5 Å². The summed E-state index contributed by atoms with van der Waals surface area (Å²) in [5, 5.41) is 24.8. The molecule has 0 saturated heterocycles. The Morgan fingerprint density at radius 2 is 2.04 bits per heavy atom. The van der Waals surface area contributed by atoms with E-state index in [1.165, 1.54) is 29.8 Å². The number of thiophene rings is 1. The van der Waals surface area contributed by atoms with Gasteiger partial charge in [0.05, 0.1) is 17.6 Å². The Kier molecular flexibility index (Phi) is 3.94. The van der Waals surface area contributed by atoms with Gasteiger partial charge < -0.3 is 9.84 Å². The molecule has 0 amide bonds. The highest BCUT2D eigenvalue weighted by molar-refractivity contribution is 7.24. The standard InChI is InChI=1S/C16H12N4O3S2/c1-23-15(22)11-6-7-24-13(11)14-19-20-12(17-18-16(20)25-14)8-9-2-4-10(21)5-3-9/h2-7,21H,8H2,1H3. The van der Waals surface area contributed by atoms with E-state index in [9.17, 15) is 9.90 Å². The van der Waals surface area contributed by atoms with E-state index in [2.05, 4.69) is 15.3 Å². The minimum absolute atomic E-state index is 0.221. The van der Waals surface area contributed by atoms with E-state index in [-0.39, 0.29) is 11.7 Å². The molecule has 7 nitrogen and oxygen atoms in total. The number of aromatic hydroxyl groups is 1. The van der Waals surface area contributed by atoms with E-state index in [1.54, 1.807) is 22.7 Å². The number of phenolic OH excluding ortho intramolecular Hbond substituents is 1. The highest BCUT2D eigenvalue weighted by Gasteiger charge is 2.20. The maximum atomic E-state index is 11.9. The Bertz CT molecular complexity index is 1050. The van der Waals surface area contributed by atoms with Crippen LogP contribution >= 0.6 is 22.7 Å². The number of esters is 1. The highest BCUT2D eigenvalue weighted by atomic mass is 32.1. The molecule has 0 fully saturated rings. The summed E-state index contributed by atoms with van der Waals surface area (Å²) in [6.45, 7) is 0. The molecular weight excluding hydrogens is 360 g/mol. The Balaban J connectivity index is 1.70. The first kappa shape index (κ1) is 15.7. The summed E-state index contributed by atoms with van der Waals surface area (Å²) in [4.78, 5) is 13.3.